The van der Waals surface area contributed by atoms with Gasteiger partial charge in [-0.05, 0) is 30.5 Å². The summed E-state index contributed by atoms with van der Waals surface area (Å²) in [6.45, 7) is 6.68. The minimum Gasteiger partial charge on any atom is -0.382 e. The van der Waals surface area contributed by atoms with E-state index in [9.17, 15) is 4.39 Å². The molecule has 1 atom stereocenters. The molecule has 0 aromatic heterocycles. The molecule has 7 nitrogen and oxygen atoms in total. The molecule has 2 rings (SSSR count). The van der Waals surface area contributed by atoms with E-state index in [0.29, 0.717) is 19.8 Å². The number of ether oxygens (including phenoxy) is 3. The Hall–Kier alpha value is -1.74. The quantitative estimate of drug-likeness (QED) is 0.311. The molecule has 1 saturated heterocycles. The fourth-order valence-electron chi connectivity index (χ4n) is 3.23. The van der Waals surface area contributed by atoms with Gasteiger partial charge in [-0.2, -0.15) is 0 Å². The standard InChI is InChI=1S/C21H35FN4O3/c1-23-21(24-9-3-4-12-28-16-15-27-2)25-17-20(26-10-13-29-14-11-26)18-5-7-19(22)8-6-18/h5-8,20H,3-4,9-17H2,1-2H3,(H2,23,24,25). The first-order valence-electron chi connectivity index (χ1n) is 10.3. The highest BCUT2D eigenvalue weighted by Crippen LogP contribution is 2.21. The lowest BCUT2D eigenvalue weighted by Gasteiger charge is -2.35. The smallest absolute Gasteiger partial charge is 0.191 e. The zero-order valence-electron chi connectivity index (χ0n) is 17.7. The molecule has 1 aliphatic rings. The van der Waals surface area contributed by atoms with Crippen LogP contribution in [0.4, 0.5) is 4.39 Å². The Morgan fingerprint density at radius 2 is 1.90 bits per heavy atom. The first-order valence-corrected chi connectivity index (χ1v) is 10.3. The third kappa shape index (κ3) is 9.08. The van der Waals surface area contributed by atoms with Gasteiger partial charge < -0.3 is 24.8 Å². The lowest BCUT2D eigenvalue weighted by atomic mass is 10.0. The summed E-state index contributed by atoms with van der Waals surface area (Å²) in [5.74, 6) is 0.553. The average Bonchev–Trinajstić information content (AvgIpc) is 2.76. The van der Waals surface area contributed by atoms with E-state index in [1.165, 1.54) is 12.1 Å². The molecule has 1 unspecified atom stereocenters. The van der Waals surface area contributed by atoms with Gasteiger partial charge in [-0.1, -0.05) is 12.1 Å². The van der Waals surface area contributed by atoms with Crippen molar-refractivity contribution in [1.29, 1.82) is 0 Å². The van der Waals surface area contributed by atoms with Gasteiger partial charge in [0.1, 0.15) is 5.82 Å². The molecule has 0 bridgehead atoms. The number of hydrogen-bond donors (Lipinski definition) is 2. The maximum Gasteiger partial charge on any atom is 0.191 e. The van der Waals surface area contributed by atoms with Gasteiger partial charge in [0.05, 0.1) is 32.5 Å². The number of methoxy groups -OCH3 is 1. The zero-order valence-corrected chi connectivity index (χ0v) is 17.7. The van der Waals surface area contributed by atoms with E-state index in [4.69, 9.17) is 14.2 Å². The van der Waals surface area contributed by atoms with Crippen LogP contribution in [0.15, 0.2) is 29.3 Å². The Balaban J connectivity index is 1.78. The maximum absolute atomic E-state index is 13.4. The number of nitrogens with one attached hydrogen (secondary N) is 2. The number of morpholine rings is 1. The molecule has 1 fully saturated rings. The van der Waals surface area contributed by atoms with Crippen LogP contribution in [0.1, 0.15) is 24.4 Å². The van der Waals surface area contributed by atoms with E-state index in [-0.39, 0.29) is 11.9 Å². The Kier molecular flexibility index (Phi) is 11.6. The number of unbranched alkanes of at least 4 members (excludes halogenated alkanes) is 1. The molecule has 29 heavy (non-hydrogen) atoms. The second-order valence-corrected chi connectivity index (χ2v) is 6.91. The van der Waals surface area contributed by atoms with Crippen LogP contribution in [-0.2, 0) is 14.2 Å². The van der Waals surface area contributed by atoms with Crippen molar-refractivity contribution in [2.24, 2.45) is 4.99 Å². The summed E-state index contributed by atoms with van der Waals surface area (Å²) in [5, 5.41) is 6.76. The summed E-state index contributed by atoms with van der Waals surface area (Å²) in [7, 11) is 3.44. The molecule has 1 aliphatic heterocycles. The van der Waals surface area contributed by atoms with Crippen molar-refractivity contribution >= 4 is 5.96 Å². The summed E-state index contributed by atoms with van der Waals surface area (Å²) in [6.07, 6.45) is 1.98. The number of rotatable bonds is 12. The predicted octanol–water partition coefficient (Wildman–Crippen LogP) is 1.81. The topological polar surface area (TPSA) is 67.4 Å². The highest BCUT2D eigenvalue weighted by Gasteiger charge is 2.23. The maximum atomic E-state index is 13.4. The summed E-state index contributed by atoms with van der Waals surface area (Å²) >= 11 is 0. The largest absolute Gasteiger partial charge is 0.382 e. The minimum atomic E-state index is -0.217. The monoisotopic (exact) mass is 410 g/mol. The van der Waals surface area contributed by atoms with Crippen molar-refractivity contribution in [3.63, 3.8) is 0 Å². The highest BCUT2D eigenvalue weighted by atomic mass is 19.1. The van der Waals surface area contributed by atoms with E-state index in [1.807, 2.05) is 12.1 Å². The summed E-state index contributed by atoms with van der Waals surface area (Å²) in [4.78, 5) is 6.68. The fraction of sp³-hybridized carbons (Fsp3) is 0.667. The molecule has 0 amide bonds. The number of benzene rings is 1. The van der Waals surface area contributed by atoms with Crippen LogP contribution in [0.5, 0.6) is 0 Å². The van der Waals surface area contributed by atoms with Gasteiger partial charge in [0.25, 0.3) is 0 Å². The van der Waals surface area contributed by atoms with Crippen LogP contribution in [0.2, 0.25) is 0 Å². The second kappa shape index (κ2) is 14.3. The first-order chi connectivity index (χ1) is 14.2. The van der Waals surface area contributed by atoms with Crippen LogP contribution >= 0.6 is 0 Å². The summed E-state index contributed by atoms with van der Waals surface area (Å²) in [5.41, 5.74) is 1.09. The molecule has 0 spiro atoms. The van der Waals surface area contributed by atoms with E-state index in [2.05, 4.69) is 20.5 Å². The molecular weight excluding hydrogens is 375 g/mol. The Morgan fingerprint density at radius 1 is 1.14 bits per heavy atom. The van der Waals surface area contributed by atoms with Gasteiger partial charge in [-0.25, -0.2) is 4.39 Å². The molecule has 1 aromatic rings. The third-order valence-corrected chi connectivity index (χ3v) is 4.87. The SMILES string of the molecule is CN=C(NCCCCOCCOC)NCC(c1ccc(F)cc1)N1CCOCC1. The van der Waals surface area contributed by atoms with Gasteiger partial charge in [-0.15, -0.1) is 0 Å². The molecule has 0 aliphatic carbocycles. The van der Waals surface area contributed by atoms with Crippen LogP contribution in [0.25, 0.3) is 0 Å². The number of guanidine groups is 1. The predicted molar refractivity (Wildman–Crippen MR) is 113 cm³/mol. The van der Waals surface area contributed by atoms with Crippen molar-refractivity contribution in [1.82, 2.24) is 15.5 Å². The molecule has 1 aromatic carbocycles. The van der Waals surface area contributed by atoms with Crippen LogP contribution in [0.3, 0.4) is 0 Å². The first kappa shape index (κ1) is 23.5. The Labute approximate surface area is 173 Å². The van der Waals surface area contributed by atoms with Crippen LogP contribution in [0, 0.1) is 5.82 Å². The Morgan fingerprint density at radius 3 is 2.59 bits per heavy atom. The summed E-state index contributed by atoms with van der Waals surface area (Å²) in [6, 6.07) is 6.88. The van der Waals surface area contributed by atoms with Gasteiger partial charge in [-0.3, -0.25) is 9.89 Å². The molecule has 8 heteroatoms. The van der Waals surface area contributed by atoms with Crippen molar-refractivity contribution in [2.75, 3.05) is 73.4 Å². The molecule has 0 radical (unpaired) electrons. The number of nitrogens with zero attached hydrogens (tertiary/aromatic N) is 2. The average molecular weight is 411 g/mol. The summed E-state index contributed by atoms with van der Waals surface area (Å²) < 4.78 is 29.3. The second-order valence-electron chi connectivity index (χ2n) is 6.91. The fourth-order valence-corrected chi connectivity index (χ4v) is 3.23. The van der Waals surface area contributed by atoms with Gasteiger partial charge in [0, 0.05) is 46.9 Å². The van der Waals surface area contributed by atoms with E-state index < -0.39 is 0 Å². The third-order valence-electron chi connectivity index (χ3n) is 4.87. The zero-order chi connectivity index (χ0) is 20.7. The molecule has 0 saturated carbocycles. The van der Waals surface area contributed by atoms with E-state index in [0.717, 1.165) is 63.8 Å². The highest BCUT2D eigenvalue weighted by molar-refractivity contribution is 5.79. The van der Waals surface area contributed by atoms with Crippen molar-refractivity contribution in [3.8, 4) is 0 Å². The molecule has 1 heterocycles. The number of hydrogen-bond acceptors (Lipinski definition) is 5. The lowest BCUT2D eigenvalue weighted by Crippen LogP contribution is -2.46. The number of halogens is 1. The molecule has 164 valence electrons. The lowest BCUT2D eigenvalue weighted by molar-refractivity contribution is 0.0170. The minimum absolute atomic E-state index is 0.132. The van der Waals surface area contributed by atoms with Crippen molar-refractivity contribution < 1.29 is 18.6 Å². The van der Waals surface area contributed by atoms with Gasteiger partial charge in [0.15, 0.2) is 5.96 Å². The van der Waals surface area contributed by atoms with Gasteiger partial charge >= 0.3 is 0 Å². The molecule has 2 N–H and O–H groups in total. The van der Waals surface area contributed by atoms with Crippen LogP contribution in [-0.4, -0.2) is 84.2 Å². The number of aliphatic imine (C=N–C) groups is 1. The van der Waals surface area contributed by atoms with Crippen molar-refractivity contribution in [2.45, 2.75) is 18.9 Å². The van der Waals surface area contributed by atoms with E-state index in [1.54, 1.807) is 14.2 Å². The van der Waals surface area contributed by atoms with E-state index >= 15 is 0 Å². The Bertz CT molecular complexity index is 580. The normalized spacial score (nSPS) is 16.6. The van der Waals surface area contributed by atoms with Crippen LogP contribution < -0.4 is 10.6 Å². The van der Waals surface area contributed by atoms with Crippen molar-refractivity contribution in [3.05, 3.63) is 35.6 Å². The molecular formula is C21H35FN4O3. The van der Waals surface area contributed by atoms with Gasteiger partial charge in [0.2, 0.25) is 0 Å².